The van der Waals surface area contributed by atoms with E-state index in [4.69, 9.17) is 32.8 Å². The molecule has 0 saturated heterocycles. The normalized spacial score (nSPS) is 8.20. The Kier molecular flexibility index (Phi) is 11.4. The monoisotopic (exact) mass is 265 g/mol. The zero-order valence-electron chi connectivity index (χ0n) is 4.01. The second-order valence-electron chi connectivity index (χ2n) is 0.632. The molecule has 0 atom stereocenters. The first-order chi connectivity index (χ1) is 3.73. The van der Waals surface area contributed by atoms with Crippen molar-refractivity contribution in [3.8, 4) is 0 Å². The van der Waals surface area contributed by atoms with Crippen LogP contribution in [0.15, 0.2) is 0 Å². The van der Waals surface area contributed by atoms with E-state index in [1.54, 1.807) is 0 Å². The van der Waals surface area contributed by atoms with Crippen LogP contribution in [-0.4, -0.2) is 22.6 Å². The summed E-state index contributed by atoms with van der Waals surface area (Å²) in [7, 11) is -5.17. The zero-order chi connectivity index (χ0) is 8.08. The van der Waals surface area contributed by atoms with Crippen molar-refractivity contribution < 1.29 is 45.0 Å². The first-order valence-corrected chi connectivity index (χ1v) is 2.55. The molecule has 0 heterocycles. The molecule has 0 aromatic carbocycles. The summed E-state index contributed by atoms with van der Waals surface area (Å²) in [6, 6.07) is 0. The van der Waals surface area contributed by atoms with Gasteiger partial charge in [0.2, 0.25) is 0 Å². The van der Waals surface area contributed by atoms with Gasteiger partial charge in [0, 0.05) is 32.8 Å². The van der Waals surface area contributed by atoms with Gasteiger partial charge in [-0.2, -0.15) is 0 Å². The molecule has 0 rings (SSSR count). The van der Waals surface area contributed by atoms with Crippen molar-refractivity contribution in [2.45, 2.75) is 0 Å². The molecule has 8 nitrogen and oxygen atoms in total. The van der Waals surface area contributed by atoms with Gasteiger partial charge < -0.3 is 24.4 Å². The number of hydrogen-bond donors (Lipinski definition) is 0. The maximum Gasteiger partial charge on any atom is 0.0689 e. The van der Waals surface area contributed by atoms with Crippen LogP contribution in [0.3, 0.4) is 0 Å². The summed E-state index contributed by atoms with van der Waals surface area (Å²) in [5, 5.41) is 14.8. The summed E-state index contributed by atoms with van der Waals surface area (Å²) in [5.74, 6) is 0. The Hall–Kier alpha value is -0.190. The smallest absolute Gasteiger partial charge is 0.0689 e. The van der Waals surface area contributed by atoms with E-state index in [-0.39, 0.29) is 22.4 Å². The average Bonchev–Trinajstić information content (AvgIpc) is 1.19. The van der Waals surface area contributed by atoms with E-state index in [0.29, 0.717) is 0 Å². The topological polar surface area (TPSA) is 146 Å². The Morgan fingerprint density at radius 3 is 1.10 bits per heavy atom. The van der Waals surface area contributed by atoms with Gasteiger partial charge in [-0.05, 0) is 0 Å². The van der Waals surface area contributed by atoms with Gasteiger partial charge in [0.05, 0.1) is 5.09 Å². The van der Waals surface area contributed by atoms with Gasteiger partial charge in [-0.1, -0.05) is 0 Å². The molecular weight excluding hydrogens is 266 g/mol. The number of hydrogen-bond acceptors (Lipinski definition) is 7. The minimum Gasteiger partial charge on any atom is -0.759 e. The van der Waals surface area contributed by atoms with Crippen molar-refractivity contribution in [3.05, 3.63) is 15.3 Å². The molecule has 67 valence electrons. The van der Waals surface area contributed by atoms with Crippen molar-refractivity contribution in [1.82, 2.24) is 0 Å². The van der Waals surface area contributed by atoms with Crippen LogP contribution >= 0.6 is 0 Å². The van der Waals surface area contributed by atoms with Gasteiger partial charge in [-0.3, -0.25) is 8.42 Å². The largest absolute Gasteiger partial charge is 0.759 e. The maximum atomic E-state index is 8.52. The molecule has 0 unspecified atom stereocenters. The Bertz CT molecular complexity index is 156. The van der Waals surface area contributed by atoms with E-state index in [2.05, 4.69) is 0 Å². The minimum absolute atomic E-state index is 0. The molecule has 0 saturated carbocycles. The van der Waals surface area contributed by atoms with Gasteiger partial charge in [-0.25, -0.2) is 0 Å². The molecule has 10 heavy (non-hydrogen) atoms. The van der Waals surface area contributed by atoms with E-state index in [0.717, 1.165) is 0 Å². The van der Waals surface area contributed by atoms with E-state index < -0.39 is 15.5 Å². The second kappa shape index (κ2) is 6.92. The van der Waals surface area contributed by atoms with E-state index >= 15 is 0 Å². The Labute approximate surface area is 71.0 Å². The summed E-state index contributed by atoms with van der Waals surface area (Å²) in [6.07, 6.45) is 0. The standard InChI is InChI=1S/Ag.NO3.H2O4S/c;2-1(3)4;1-5(2,3)4/h;;(H2,1,2,3,4)/q;-1;/p-2. The molecule has 0 aliphatic rings. The van der Waals surface area contributed by atoms with Crippen molar-refractivity contribution in [2.75, 3.05) is 0 Å². The molecule has 1 radical (unpaired) electrons. The third kappa shape index (κ3) is 10100. The van der Waals surface area contributed by atoms with Gasteiger partial charge in [0.1, 0.15) is 0 Å². The van der Waals surface area contributed by atoms with Gasteiger partial charge >= 0.3 is 0 Å². The average molecular weight is 266 g/mol. The molecular formula is AgNO7S-3. The molecule has 0 amide bonds. The first-order valence-electron chi connectivity index (χ1n) is 1.21. The number of nitrogens with zero attached hydrogens (tertiary/aromatic N) is 1. The SMILES string of the molecule is O=S(=O)([O-])[O-].O=[N+]([O-])[O-].[Ag]. The molecule has 0 N–H and O–H groups in total. The Morgan fingerprint density at radius 2 is 1.10 bits per heavy atom. The number of rotatable bonds is 0. The first kappa shape index (κ1) is 16.4. The van der Waals surface area contributed by atoms with Crippen LogP contribution in [0.4, 0.5) is 0 Å². The van der Waals surface area contributed by atoms with E-state index in [1.165, 1.54) is 0 Å². The summed E-state index contributed by atoms with van der Waals surface area (Å²) >= 11 is 0. The van der Waals surface area contributed by atoms with Crippen LogP contribution in [0, 0.1) is 15.3 Å². The predicted octanol–water partition coefficient (Wildman–Crippen LogP) is -1.58. The van der Waals surface area contributed by atoms with Crippen LogP contribution in [-0.2, 0) is 32.8 Å². The fourth-order valence-corrected chi connectivity index (χ4v) is 0. The third-order valence-corrected chi connectivity index (χ3v) is 0. The summed E-state index contributed by atoms with van der Waals surface area (Å²) in [4.78, 5) is 8.25. The Morgan fingerprint density at radius 1 is 1.10 bits per heavy atom. The van der Waals surface area contributed by atoms with Crippen LogP contribution in [0.2, 0.25) is 0 Å². The third-order valence-electron chi connectivity index (χ3n) is 0. The fraction of sp³-hybridized carbons (Fsp3) is 0. The molecule has 0 bridgehead atoms. The van der Waals surface area contributed by atoms with Crippen LogP contribution in [0.25, 0.3) is 0 Å². The van der Waals surface area contributed by atoms with Crippen molar-refractivity contribution in [3.63, 3.8) is 0 Å². The molecule has 0 spiro atoms. The summed E-state index contributed by atoms with van der Waals surface area (Å²) < 4.78 is 34.1. The summed E-state index contributed by atoms with van der Waals surface area (Å²) in [5.41, 5.74) is 0. The zero-order valence-corrected chi connectivity index (χ0v) is 6.31. The Balaban J connectivity index is -0.0000000910. The molecule has 0 aliphatic heterocycles. The van der Waals surface area contributed by atoms with Crippen LogP contribution in [0.1, 0.15) is 0 Å². The fourth-order valence-electron chi connectivity index (χ4n) is 0. The molecule has 0 aliphatic carbocycles. The molecule has 10 heteroatoms. The molecule has 0 aromatic rings. The molecule has 0 aromatic heterocycles. The predicted molar refractivity (Wildman–Crippen MR) is 20.8 cm³/mol. The van der Waals surface area contributed by atoms with Gasteiger partial charge in [0.25, 0.3) is 0 Å². The van der Waals surface area contributed by atoms with Gasteiger partial charge in [-0.15, -0.1) is 0 Å². The van der Waals surface area contributed by atoms with Crippen molar-refractivity contribution >= 4 is 10.4 Å². The van der Waals surface area contributed by atoms with Crippen LogP contribution < -0.4 is 0 Å². The minimum atomic E-state index is -5.17. The van der Waals surface area contributed by atoms with E-state index in [1.807, 2.05) is 0 Å². The quantitative estimate of drug-likeness (QED) is 0.169. The van der Waals surface area contributed by atoms with E-state index in [9.17, 15) is 0 Å². The molecule has 0 fully saturated rings. The van der Waals surface area contributed by atoms with Crippen molar-refractivity contribution in [2.24, 2.45) is 0 Å². The summed E-state index contributed by atoms with van der Waals surface area (Å²) in [6.45, 7) is 0. The van der Waals surface area contributed by atoms with Gasteiger partial charge in [0.15, 0.2) is 0 Å². The second-order valence-corrected chi connectivity index (χ2v) is 1.45. The van der Waals surface area contributed by atoms with Crippen molar-refractivity contribution in [1.29, 1.82) is 0 Å². The maximum absolute atomic E-state index is 8.52. The van der Waals surface area contributed by atoms with Crippen LogP contribution in [0.5, 0.6) is 0 Å².